The lowest BCUT2D eigenvalue weighted by Gasteiger charge is -2.51. The molecule has 38 heavy (non-hydrogen) atoms. The van der Waals surface area contributed by atoms with Crippen LogP contribution in [0.15, 0.2) is 91.0 Å². The number of hydrogen-bond donors (Lipinski definition) is 0. The van der Waals surface area contributed by atoms with Gasteiger partial charge in [-0.2, -0.15) is 0 Å². The van der Waals surface area contributed by atoms with E-state index in [4.69, 9.17) is 40.6 Å². The average molecular weight is 553 g/mol. The molecule has 0 N–H and O–H groups in total. The molecule has 2 aliphatic rings. The lowest BCUT2D eigenvalue weighted by molar-refractivity contribution is -0.337. The second-order valence-electron chi connectivity index (χ2n) is 9.20. The van der Waals surface area contributed by atoms with Gasteiger partial charge in [-0.3, -0.25) is 0 Å². The average Bonchev–Trinajstić information content (AvgIpc) is 2.97. The van der Waals surface area contributed by atoms with Crippen LogP contribution in [0, 0.1) is 0 Å². The van der Waals surface area contributed by atoms with Crippen LogP contribution in [0.2, 0.25) is 0 Å². The largest absolute Gasteiger partial charge is 0.469 e. The zero-order valence-corrected chi connectivity index (χ0v) is 22.9. The van der Waals surface area contributed by atoms with E-state index in [9.17, 15) is 0 Å². The molecule has 1 aliphatic carbocycles. The van der Waals surface area contributed by atoms with Crippen molar-refractivity contribution in [2.75, 3.05) is 13.0 Å². The summed E-state index contributed by atoms with van der Waals surface area (Å²) in [5.74, 6) is 0. The third-order valence-electron chi connectivity index (χ3n) is 6.72. The Hall–Kier alpha value is -2.30. The van der Waals surface area contributed by atoms with E-state index in [0.29, 0.717) is 24.2 Å². The first-order chi connectivity index (χ1) is 18.7. The van der Waals surface area contributed by atoms with Crippen molar-refractivity contribution in [3.8, 4) is 0 Å². The van der Waals surface area contributed by atoms with E-state index in [2.05, 4.69) is 0 Å². The first-order valence-corrected chi connectivity index (χ1v) is 14.3. The van der Waals surface area contributed by atoms with Gasteiger partial charge in [-0.25, -0.2) is 0 Å². The molecular formula is C30H32O6S2. The second kappa shape index (κ2) is 13.7. The van der Waals surface area contributed by atoms with Crippen LogP contribution >= 0.6 is 24.0 Å². The van der Waals surface area contributed by atoms with Crippen molar-refractivity contribution in [3.63, 3.8) is 0 Å². The highest BCUT2D eigenvalue weighted by atomic mass is 32.2. The zero-order chi connectivity index (χ0) is 26.2. The summed E-state index contributed by atoms with van der Waals surface area (Å²) >= 11 is 6.86. The van der Waals surface area contributed by atoms with E-state index in [-0.39, 0.29) is 6.79 Å². The zero-order valence-electron chi connectivity index (χ0n) is 21.2. The minimum atomic E-state index is -0.547. The molecule has 3 aromatic carbocycles. The van der Waals surface area contributed by atoms with Crippen LogP contribution in [-0.2, 0) is 48.2 Å². The predicted octanol–water partition coefficient (Wildman–Crippen LogP) is 5.53. The summed E-state index contributed by atoms with van der Waals surface area (Å²) in [4.78, 5) is 0. The lowest BCUT2D eigenvalue weighted by Crippen LogP contribution is -2.70. The SMILES string of the molecule is CSC(=S)OC1[C@@H](OCc2ccccc2)[C@@H]2OCO[C@@H](C2OCc2ccccc2)[C@H]1OCc1ccccc1. The Balaban J connectivity index is 1.43. The minimum absolute atomic E-state index is 0.122. The molecule has 1 saturated carbocycles. The van der Waals surface area contributed by atoms with Crippen molar-refractivity contribution >= 4 is 28.4 Å². The van der Waals surface area contributed by atoms with Gasteiger partial charge in [-0.1, -0.05) is 103 Å². The minimum Gasteiger partial charge on any atom is -0.469 e. The number of benzene rings is 3. The molecule has 3 aromatic rings. The predicted molar refractivity (Wildman–Crippen MR) is 151 cm³/mol. The van der Waals surface area contributed by atoms with Gasteiger partial charge in [0.15, 0.2) is 6.10 Å². The number of fused-ring (bicyclic) bond motifs is 2. The summed E-state index contributed by atoms with van der Waals surface area (Å²) < 4.78 is 38.6. The molecule has 2 unspecified atom stereocenters. The summed E-state index contributed by atoms with van der Waals surface area (Å²) in [5.41, 5.74) is 3.17. The van der Waals surface area contributed by atoms with Crippen molar-refractivity contribution in [3.05, 3.63) is 108 Å². The van der Waals surface area contributed by atoms with Gasteiger partial charge in [0.2, 0.25) is 4.38 Å². The van der Waals surface area contributed by atoms with Crippen LogP contribution in [0.25, 0.3) is 0 Å². The molecule has 1 heterocycles. The fourth-order valence-electron chi connectivity index (χ4n) is 4.86. The quantitative estimate of drug-likeness (QED) is 0.305. The Morgan fingerprint density at radius 3 is 1.45 bits per heavy atom. The molecule has 1 aliphatic heterocycles. The summed E-state index contributed by atoms with van der Waals surface area (Å²) in [5, 5.41) is 0. The molecule has 0 spiro atoms. The standard InChI is InChI=1S/C30H32O6S2/c1-38-30(37)36-29-27(32-18-22-13-7-3-8-14-22)25-24(31-17-21-11-5-2-6-12-21)26(35-20-34-25)28(29)33-19-23-15-9-4-10-16-23/h2-16,24-29H,17-20H2,1H3/t24?,25-,26+,27+,28-,29?. The van der Waals surface area contributed by atoms with Crippen LogP contribution in [0.3, 0.4) is 0 Å². The van der Waals surface area contributed by atoms with E-state index in [1.165, 1.54) is 11.8 Å². The van der Waals surface area contributed by atoms with E-state index < -0.39 is 36.6 Å². The van der Waals surface area contributed by atoms with Crippen molar-refractivity contribution in [1.29, 1.82) is 0 Å². The van der Waals surface area contributed by atoms with Gasteiger partial charge in [0.1, 0.15) is 37.3 Å². The van der Waals surface area contributed by atoms with Crippen molar-refractivity contribution < 1.29 is 28.4 Å². The Morgan fingerprint density at radius 1 is 0.658 bits per heavy atom. The number of ether oxygens (including phenoxy) is 6. The molecule has 8 heteroatoms. The molecule has 2 fully saturated rings. The van der Waals surface area contributed by atoms with Gasteiger partial charge in [-0.05, 0) is 35.2 Å². The topological polar surface area (TPSA) is 55.4 Å². The van der Waals surface area contributed by atoms with Gasteiger partial charge in [0.25, 0.3) is 0 Å². The maximum Gasteiger partial charge on any atom is 0.220 e. The molecule has 6 atom stereocenters. The molecule has 2 bridgehead atoms. The van der Waals surface area contributed by atoms with E-state index >= 15 is 0 Å². The van der Waals surface area contributed by atoms with Gasteiger partial charge in [-0.15, -0.1) is 0 Å². The molecule has 1 saturated heterocycles. The molecule has 200 valence electrons. The number of thiocarbonyl (C=S) groups is 1. The van der Waals surface area contributed by atoms with E-state index in [1.54, 1.807) is 0 Å². The van der Waals surface area contributed by atoms with E-state index in [1.807, 2.05) is 97.3 Å². The second-order valence-corrected chi connectivity index (χ2v) is 10.6. The molecule has 0 radical (unpaired) electrons. The van der Waals surface area contributed by atoms with Crippen LogP contribution in [-0.4, -0.2) is 54.1 Å². The Kier molecular flexibility index (Phi) is 9.81. The summed E-state index contributed by atoms with van der Waals surface area (Å²) in [6, 6.07) is 30.1. The van der Waals surface area contributed by atoms with Crippen LogP contribution in [0.5, 0.6) is 0 Å². The molecule has 5 rings (SSSR count). The Labute approximate surface area is 233 Å². The smallest absolute Gasteiger partial charge is 0.220 e. The third-order valence-corrected chi connectivity index (χ3v) is 7.74. The maximum absolute atomic E-state index is 6.54. The number of thioether (sulfide) groups is 1. The highest BCUT2D eigenvalue weighted by molar-refractivity contribution is 8.22. The third kappa shape index (κ3) is 6.82. The van der Waals surface area contributed by atoms with Crippen LogP contribution in [0.1, 0.15) is 16.7 Å². The van der Waals surface area contributed by atoms with Gasteiger partial charge in [0, 0.05) is 0 Å². The first-order valence-electron chi connectivity index (χ1n) is 12.7. The van der Waals surface area contributed by atoms with Gasteiger partial charge < -0.3 is 28.4 Å². The highest BCUT2D eigenvalue weighted by Crippen LogP contribution is 2.38. The maximum atomic E-state index is 6.54. The molecule has 0 aromatic heterocycles. The Morgan fingerprint density at radius 2 is 1.05 bits per heavy atom. The van der Waals surface area contributed by atoms with Crippen LogP contribution in [0.4, 0.5) is 0 Å². The summed E-state index contributed by atoms with van der Waals surface area (Å²) in [6.45, 7) is 1.31. The van der Waals surface area contributed by atoms with E-state index in [0.717, 1.165) is 16.7 Å². The lowest BCUT2D eigenvalue weighted by atomic mass is 9.83. The fourth-order valence-corrected chi connectivity index (χ4v) is 5.18. The number of rotatable bonds is 10. The monoisotopic (exact) mass is 552 g/mol. The number of hydrogen-bond acceptors (Lipinski definition) is 8. The summed E-state index contributed by atoms with van der Waals surface area (Å²) in [7, 11) is 0. The van der Waals surface area contributed by atoms with Gasteiger partial charge in [0.05, 0.1) is 19.8 Å². The normalized spacial score (nSPS) is 26.6. The summed E-state index contributed by atoms with van der Waals surface area (Å²) in [6.07, 6.45) is -0.920. The van der Waals surface area contributed by atoms with Crippen LogP contribution < -0.4 is 0 Å². The molecular weight excluding hydrogens is 520 g/mol. The fraction of sp³-hybridized carbons (Fsp3) is 0.367. The van der Waals surface area contributed by atoms with Crippen molar-refractivity contribution in [2.24, 2.45) is 0 Å². The highest BCUT2D eigenvalue weighted by Gasteiger charge is 2.57. The molecule has 0 amide bonds. The van der Waals surface area contributed by atoms with Crippen molar-refractivity contribution in [1.82, 2.24) is 0 Å². The molecule has 6 nitrogen and oxygen atoms in total. The first kappa shape index (κ1) is 27.3. The van der Waals surface area contributed by atoms with Gasteiger partial charge >= 0.3 is 0 Å². The van der Waals surface area contributed by atoms with Crippen molar-refractivity contribution in [2.45, 2.75) is 56.4 Å². The Bertz CT molecular complexity index is 1070.